The van der Waals surface area contributed by atoms with Crippen molar-refractivity contribution in [2.24, 2.45) is 0 Å². The van der Waals surface area contributed by atoms with Gasteiger partial charge in [-0.3, -0.25) is 0 Å². The summed E-state index contributed by atoms with van der Waals surface area (Å²) in [6.45, 7) is 4.63. The second-order valence-electron chi connectivity index (χ2n) is 4.26. The third-order valence-electron chi connectivity index (χ3n) is 2.35. The Balaban J connectivity index is 2.61. The Morgan fingerprint density at radius 1 is 1.17 bits per heavy atom. The van der Waals surface area contributed by atoms with Gasteiger partial charge >= 0.3 is 0 Å². The lowest BCUT2D eigenvalue weighted by Crippen LogP contribution is -2.17. The molecule has 1 rings (SSSR count). The molecule has 1 heterocycles. The highest BCUT2D eigenvalue weighted by atomic mass is 35.5. The first kappa shape index (κ1) is 15.3. The lowest BCUT2D eigenvalue weighted by molar-refractivity contribution is 0.405. The highest BCUT2D eigenvalue weighted by Gasteiger charge is 2.08. The Morgan fingerprint density at radius 2 is 1.78 bits per heavy atom. The first-order chi connectivity index (χ1) is 8.54. The third-order valence-corrected chi connectivity index (χ3v) is 2.92. The Bertz CT molecular complexity index is 383. The number of hydrogen-bond acceptors (Lipinski definition) is 4. The normalized spacial score (nSPS) is 10.8. The molecular formula is C12H20Cl2N4. The van der Waals surface area contributed by atoms with Crippen molar-refractivity contribution in [3.05, 3.63) is 16.1 Å². The summed E-state index contributed by atoms with van der Waals surface area (Å²) in [4.78, 5) is 6.52. The van der Waals surface area contributed by atoms with Crippen LogP contribution in [0.25, 0.3) is 0 Å². The molecule has 102 valence electrons. The molecule has 0 amide bonds. The van der Waals surface area contributed by atoms with Crippen molar-refractivity contribution in [1.82, 2.24) is 9.88 Å². The molecule has 0 fully saturated rings. The second kappa shape index (κ2) is 7.67. The average Bonchev–Trinajstić information content (AvgIpc) is 2.29. The number of rotatable bonds is 7. The zero-order chi connectivity index (χ0) is 13.5. The van der Waals surface area contributed by atoms with E-state index in [1.807, 2.05) is 6.92 Å². The van der Waals surface area contributed by atoms with Crippen molar-refractivity contribution in [2.75, 3.05) is 44.4 Å². The second-order valence-corrected chi connectivity index (χ2v) is 5.08. The minimum Gasteiger partial charge on any atom is -0.369 e. The first-order valence-electron chi connectivity index (χ1n) is 6.03. The van der Waals surface area contributed by atoms with Crippen LogP contribution in [0.1, 0.15) is 13.3 Å². The molecule has 0 radical (unpaired) electrons. The molecule has 0 saturated heterocycles. The van der Waals surface area contributed by atoms with E-state index >= 15 is 0 Å². The molecule has 0 aromatic carbocycles. The van der Waals surface area contributed by atoms with E-state index in [9.17, 15) is 0 Å². The fourth-order valence-corrected chi connectivity index (χ4v) is 1.98. The largest absolute Gasteiger partial charge is 0.369 e. The van der Waals surface area contributed by atoms with Crippen LogP contribution in [0.5, 0.6) is 0 Å². The quantitative estimate of drug-likeness (QED) is 0.757. The summed E-state index contributed by atoms with van der Waals surface area (Å²) in [6, 6.07) is 1.71. The van der Waals surface area contributed by atoms with Gasteiger partial charge in [0.2, 0.25) is 0 Å². The van der Waals surface area contributed by atoms with E-state index in [0.717, 1.165) is 26.1 Å². The molecule has 0 aliphatic carbocycles. The van der Waals surface area contributed by atoms with Gasteiger partial charge in [0.25, 0.3) is 0 Å². The molecule has 0 aliphatic heterocycles. The van der Waals surface area contributed by atoms with Gasteiger partial charge in [-0.05, 0) is 40.1 Å². The molecule has 2 N–H and O–H groups in total. The fraction of sp³-hybridized carbons (Fsp3) is 0.583. The van der Waals surface area contributed by atoms with Crippen LogP contribution >= 0.6 is 23.2 Å². The molecule has 0 aliphatic rings. The SMILES string of the molecule is CCNc1nc(NCCCN(C)C)c(Cl)cc1Cl. The van der Waals surface area contributed by atoms with Crippen LogP contribution < -0.4 is 10.6 Å². The number of aromatic nitrogens is 1. The molecule has 4 nitrogen and oxygen atoms in total. The van der Waals surface area contributed by atoms with Gasteiger partial charge in [-0.25, -0.2) is 4.98 Å². The van der Waals surface area contributed by atoms with Gasteiger partial charge in [-0.15, -0.1) is 0 Å². The van der Waals surface area contributed by atoms with Crippen molar-refractivity contribution >= 4 is 34.8 Å². The van der Waals surface area contributed by atoms with Crippen molar-refractivity contribution in [1.29, 1.82) is 0 Å². The summed E-state index contributed by atoms with van der Waals surface area (Å²) in [5.41, 5.74) is 0. The highest BCUT2D eigenvalue weighted by Crippen LogP contribution is 2.28. The van der Waals surface area contributed by atoms with Crippen LogP contribution in [0.4, 0.5) is 11.6 Å². The van der Waals surface area contributed by atoms with Crippen LogP contribution in [0.2, 0.25) is 10.0 Å². The Morgan fingerprint density at radius 3 is 2.33 bits per heavy atom. The van der Waals surface area contributed by atoms with Crippen LogP contribution in [0, 0.1) is 0 Å². The van der Waals surface area contributed by atoms with Gasteiger partial charge < -0.3 is 15.5 Å². The van der Waals surface area contributed by atoms with Crippen LogP contribution in [0.15, 0.2) is 6.07 Å². The lowest BCUT2D eigenvalue weighted by Gasteiger charge is -2.13. The number of halogens is 2. The fourth-order valence-electron chi connectivity index (χ4n) is 1.48. The Kier molecular flexibility index (Phi) is 6.54. The summed E-state index contributed by atoms with van der Waals surface area (Å²) in [5, 5.41) is 7.42. The van der Waals surface area contributed by atoms with Gasteiger partial charge in [0, 0.05) is 13.1 Å². The van der Waals surface area contributed by atoms with E-state index < -0.39 is 0 Å². The molecular weight excluding hydrogens is 271 g/mol. The number of pyridine rings is 1. The summed E-state index contributed by atoms with van der Waals surface area (Å²) in [7, 11) is 4.10. The number of nitrogens with zero attached hydrogens (tertiary/aromatic N) is 2. The number of nitrogens with one attached hydrogen (secondary N) is 2. The Hall–Kier alpha value is -0.710. The lowest BCUT2D eigenvalue weighted by atomic mass is 10.3. The molecule has 6 heteroatoms. The van der Waals surface area contributed by atoms with E-state index in [4.69, 9.17) is 23.2 Å². The maximum absolute atomic E-state index is 6.10. The van der Waals surface area contributed by atoms with Gasteiger partial charge in [-0.1, -0.05) is 23.2 Å². The number of hydrogen-bond donors (Lipinski definition) is 2. The van der Waals surface area contributed by atoms with E-state index in [2.05, 4.69) is 34.6 Å². The highest BCUT2D eigenvalue weighted by molar-refractivity contribution is 6.37. The standard InChI is InChI=1S/C12H20Cl2N4/c1-4-15-11-9(13)8-10(14)12(17-11)16-6-5-7-18(2)3/h8H,4-7H2,1-3H3,(H2,15,16,17). The van der Waals surface area contributed by atoms with Crippen molar-refractivity contribution in [3.8, 4) is 0 Å². The van der Waals surface area contributed by atoms with E-state index in [1.54, 1.807) is 6.07 Å². The van der Waals surface area contributed by atoms with Gasteiger partial charge in [0.05, 0.1) is 10.0 Å². The predicted octanol–water partition coefficient (Wildman–Crippen LogP) is 3.18. The molecule has 0 saturated carbocycles. The van der Waals surface area contributed by atoms with Gasteiger partial charge in [-0.2, -0.15) is 0 Å². The molecule has 0 unspecified atom stereocenters. The van der Waals surface area contributed by atoms with E-state index in [1.165, 1.54) is 0 Å². The smallest absolute Gasteiger partial charge is 0.147 e. The van der Waals surface area contributed by atoms with Crippen LogP contribution in [-0.2, 0) is 0 Å². The zero-order valence-corrected chi connectivity index (χ0v) is 12.6. The molecule has 18 heavy (non-hydrogen) atoms. The first-order valence-corrected chi connectivity index (χ1v) is 6.78. The molecule has 1 aromatic rings. The minimum absolute atomic E-state index is 0.542. The summed E-state index contributed by atoms with van der Waals surface area (Å²) >= 11 is 12.1. The van der Waals surface area contributed by atoms with Crippen LogP contribution in [-0.4, -0.2) is 43.6 Å². The Labute approximate surface area is 119 Å². The van der Waals surface area contributed by atoms with Crippen molar-refractivity contribution in [2.45, 2.75) is 13.3 Å². The number of anilines is 2. The molecule has 0 bridgehead atoms. The third kappa shape index (κ3) is 4.88. The summed E-state index contributed by atoms with van der Waals surface area (Å²) in [5.74, 6) is 1.34. The topological polar surface area (TPSA) is 40.2 Å². The molecule has 0 spiro atoms. The summed E-state index contributed by atoms with van der Waals surface area (Å²) < 4.78 is 0. The zero-order valence-electron chi connectivity index (χ0n) is 11.1. The van der Waals surface area contributed by atoms with E-state index in [-0.39, 0.29) is 0 Å². The van der Waals surface area contributed by atoms with Crippen molar-refractivity contribution in [3.63, 3.8) is 0 Å². The predicted molar refractivity (Wildman–Crippen MR) is 80.1 cm³/mol. The minimum atomic E-state index is 0.542. The maximum Gasteiger partial charge on any atom is 0.147 e. The van der Waals surface area contributed by atoms with E-state index in [0.29, 0.717) is 21.7 Å². The average molecular weight is 291 g/mol. The molecule has 1 aromatic heterocycles. The monoisotopic (exact) mass is 290 g/mol. The molecule has 0 atom stereocenters. The summed E-state index contributed by atoms with van der Waals surface area (Å²) in [6.07, 6.45) is 1.03. The van der Waals surface area contributed by atoms with Gasteiger partial charge in [0.1, 0.15) is 11.6 Å². The van der Waals surface area contributed by atoms with Gasteiger partial charge in [0.15, 0.2) is 0 Å². The van der Waals surface area contributed by atoms with Crippen LogP contribution in [0.3, 0.4) is 0 Å². The maximum atomic E-state index is 6.10. The van der Waals surface area contributed by atoms with Crippen molar-refractivity contribution < 1.29 is 0 Å².